The van der Waals surface area contributed by atoms with Crippen LogP contribution in [0.4, 0.5) is 17.1 Å². The monoisotopic (exact) mass is 320 g/mol. The summed E-state index contributed by atoms with van der Waals surface area (Å²) in [4.78, 5) is 11.9. The number of benzene rings is 2. The summed E-state index contributed by atoms with van der Waals surface area (Å²) in [5.41, 5.74) is 5.08. The number of nitrogens with zero attached hydrogens (tertiary/aromatic N) is 4. The number of anilines is 2. The highest BCUT2D eigenvalue weighted by Gasteiger charge is 2.19. The molecule has 0 atom stereocenters. The molecule has 1 fully saturated rings. The SMILES string of the molecule is CN1CCN(c2ccccc2CN2CC=Nc3ccccc32)CC1. The predicted octanol–water partition coefficient (Wildman–Crippen LogP) is 3.16. The molecule has 2 heterocycles. The van der Waals surface area contributed by atoms with Gasteiger partial charge >= 0.3 is 0 Å². The minimum atomic E-state index is 0.869. The highest BCUT2D eigenvalue weighted by atomic mass is 15.3. The second-order valence-electron chi connectivity index (χ2n) is 6.60. The van der Waals surface area contributed by atoms with E-state index in [2.05, 4.69) is 75.3 Å². The van der Waals surface area contributed by atoms with Crippen molar-refractivity contribution in [1.82, 2.24) is 4.90 Å². The molecule has 24 heavy (non-hydrogen) atoms. The molecule has 0 aromatic heterocycles. The molecule has 4 rings (SSSR count). The quantitative estimate of drug-likeness (QED) is 0.867. The van der Waals surface area contributed by atoms with E-state index in [1.165, 1.54) is 16.9 Å². The highest BCUT2D eigenvalue weighted by molar-refractivity contribution is 5.81. The topological polar surface area (TPSA) is 22.1 Å². The number of fused-ring (bicyclic) bond motifs is 1. The van der Waals surface area contributed by atoms with Crippen molar-refractivity contribution in [3.8, 4) is 0 Å². The summed E-state index contributed by atoms with van der Waals surface area (Å²) in [6.07, 6.45) is 2.01. The van der Waals surface area contributed by atoms with Crippen molar-refractivity contribution in [2.45, 2.75) is 6.54 Å². The van der Waals surface area contributed by atoms with Gasteiger partial charge in [0, 0.05) is 44.6 Å². The van der Waals surface area contributed by atoms with Crippen molar-refractivity contribution < 1.29 is 0 Å². The Labute approximate surface area is 144 Å². The normalized spacial score (nSPS) is 17.9. The number of aliphatic imine (C=N–C) groups is 1. The molecule has 0 saturated carbocycles. The van der Waals surface area contributed by atoms with E-state index in [1.54, 1.807) is 0 Å². The first kappa shape index (κ1) is 15.2. The van der Waals surface area contributed by atoms with Gasteiger partial charge in [0.25, 0.3) is 0 Å². The van der Waals surface area contributed by atoms with E-state index in [9.17, 15) is 0 Å². The van der Waals surface area contributed by atoms with Gasteiger partial charge in [-0.2, -0.15) is 0 Å². The fraction of sp³-hybridized carbons (Fsp3) is 0.350. The van der Waals surface area contributed by atoms with Gasteiger partial charge < -0.3 is 14.7 Å². The molecule has 0 unspecified atom stereocenters. The number of para-hydroxylation sites is 3. The Bertz CT molecular complexity index is 732. The maximum absolute atomic E-state index is 4.52. The maximum atomic E-state index is 4.52. The van der Waals surface area contributed by atoms with Crippen molar-refractivity contribution in [2.24, 2.45) is 4.99 Å². The summed E-state index contributed by atoms with van der Waals surface area (Å²) in [6, 6.07) is 17.2. The van der Waals surface area contributed by atoms with Gasteiger partial charge in [0.15, 0.2) is 0 Å². The van der Waals surface area contributed by atoms with Crippen molar-refractivity contribution in [1.29, 1.82) is 0 Å². The van der Waals surface area contributed by atoms with Crippen LogP contribution in [0.3, 0.4) is 0 Å². The summed E-state index contributed by atoms with van der Waals surface area (Å²) >= 11 is 0. The minimum Gasteiger partial charge on any atom is -0.369 e. The second-order valence-corrected chi connectivity index (χ2v) is 6.60. The molecule has 0 aliphatic carbocycles. The van der Waals surface area contributed by atoms with Crippen LogP contribution >= 0.6 is 0 Å². The number of hydrogen-bond donors (Lipinski definition) is 0. The van der Waals surface area contributed by atoms with Crippen LogP contribution in [0, 0.1) is 0 Å². The van der Waals surface area contributed by atoms with E-state index in [1.807, 2.05) is 6.21 Å². The zero-order valence-electron chi connectivity index (χ0n) is 14.2. The van der Waals surface area contributed by atoms with Crippen LogP contribution in [-0.4, -0.2) is 50.9 Å². The predicted molar refractivity (Wildman–Crippen MR) is 102 cm³/mol. The van der Waals surface area contributed by atoms with E-state index < -0.39 is 0 Å². The number of rotatable bonds is 3. The van der Waals surface area contributed by atoms with Crippen LogP contribution in [0.2, 0.25) is 0 Å². The fourth-order valence-electron chi connectivity index (χ4n) is 3.53. The Morgan fingerprint density at radius 3 is 2.42 bits per heavy atom. The molecule has 1 saturated heterocycles. The molecule has 2 aromatic rings. The van der Waals surface area contributed by atoms with E-state index in [0.29, 0.717) is 0 Å². The van der Waals surface area contributed by atoms with Crippen molar-refractivity contribution in [2.75, 3.05) is 49.6 Å². The van der Waals surface area contributed by atoms with E-state index in [0.717, 1.165) is 45.0 Å². The van der Waals surface area contributed by atoms with Crippen LogP contribution in [0.15, 0.2) is 53.5 Å². The van der Waals surface area contributed by atoms with E-state index in [4.69, 9.17) is 0 Å². The maximum Gasteiger partial charge on any atom is 0.0860 e. The Balaban J connectivity index is 1.58. The molecule has 2 aliphatic rings. The fourth-order valence-corrected chi connectivity index (χ4v) is 3.53. The molecular weight excluding hydrogens is 296 g/mol. The number of piperazine rings is 1. The van der Waals surface area contributed by atoms with Crippen molar-refractivity contribution in [3.05, 3.63) is 54.1 Å². The summed E-state index contributed by atoms with van der Waals surface area (Å²) in [6.45, 7) is 6.26. The average molecular weight is 320 g/mol. The molecule has 124 valence electrons. The first-order chi connectivity index (χ1) is 11.8. The molecule has 0 spiro atoms. The Hall–Kier alpha value is -2.33. The van der Waals surface area contributed by atoms with Crippen molar-refractivity contribution in [3.63, 3.8) is 0 Å². The second kappa shape index (κ2) is 6.65. The summed E-state index contributed by atoms with van der Waals surface area (Å²) < 4.78 is 0. The van der Waals surface area contributed by atoms with Gasteiger partial charge in [0.05, 0.1) is 17.9 Å². The first-order valence-electron chi connectivity index (χ1n) is 8.69. The first-order valence-corrected chi connectivity index (χ1v) is 8.69. The van der Waals surface area contributed by atoms with Crippen LogP contribution in [0.1, 0.15) is 5.56 Å². The van der Waals surface area contributed by atoms with Gasteiger partial charge in [-0.05, 0) is 30.8 Å². The number of likely N-dealkylation sites (N-methyl/N-ethyl adjacent to an activating group) is 1. The lowest BCUT2D eigenvalue weighted by Gasteiger charge is -2.36. The Kier molecular flexibility index (Phi) is 4.22. The third-order valence-electron chi connectivity index (χ3n) is 4.95. The molecule has 4 nitrogen and oxygen atoms in total. The zero-order chi connectivity index (χ0) is 16.4. The smallest absolute Gasteiger partial charge is 0.0860 e. The lowest BCUT2D eigenvalue weighted by Crippen LogP contribution is -2.45. The van der Waals surface area contributed by atoms with E-state index in [-0.39, 0.29) is 0 Å². The molecule has 0 bridgehead atoms. The molecule has 0 amide bonds. The average Bonchev–Trinajstić information content (AvgIpc) is 2.63. The zero-order valence-corrected chi connectivity index (χ0v) is 14.2. The molecule has 2 aliphatic heterocycles. The standard InChI is InChI=1S/C20H24N4/c1-22-12-14-23(15-13-22)19-8-4-2-6-17(19)16-24-11-10-21-18-7-3-5-9-20(18)24/h2-10H,11-16H2,1H3. The highest BCUT2D eigenvalue weighted by Crippen LogP contribution is 2.33. The van der Waals surface area contributed by atoms with Gasteiger partial charge in [0.1, 0.15) is 0 Å². The lowest BCUT2D eigenvalue weighted by molar-refractivity contribution is 0.312. The van der Waals surface area contributed by atoms with Crippen molar-refractivity contribution >= 4 is 23.3 Å². The molecule has 0 radical (unpaired) electrons. The van der Waals surface area contributed by atoms with Crippen LogP contribution < -0.4 is 9.80 Å². The van der Waals surface area contributed by atoms with Crippen LogP contribution in [-0.2, 0) is 6.54 Å². The van der Waals surface area contributed by atoms with E-state index >= 15 is 0 Å². The summed E-state index contributed by atoms with van der Waals surface area (Å²) in [7, 11) is 2.20. The summed E-state index contributed by atoms with van der Waals surface area (Å²) in [5, 5.41) is 0. The van der Waals surface area contributed by atoms with Crippen LogP contribution in [0.25, 0.3) is 0 Å². The van der Waals surface area contributed by atoms with Gasteiger partial charge in [0.2, 0.25) is 0 Å². The minimum absolute atomic E-state index is 0.869. The van der Waals surface area contributed by atoms with Gasteiger partial charge in [-0.25, -0.2) is 0 Å². The lowest BCUT2D eigenvalue weighted by atomic mass is 10.1. The molecular formula is C20H24N4. The van der Waals surface area contributed by atoms with Gasteiger partial charge in [-0.1, -0.05) is 30.3 Å². The third kappa shape index (κ3) is 3.02. The Morgan fingerprint density at radius 1 is 0.875 bits per heavy atom. The van der Waals surface area contributed by atoms with Gasteiger partial charge in [-0.15, -0.1) is 0 Å². The van der Waals surface area contributed by atoms with Crippen LogP contribution in [0.5, 0.6) is 0 Å². The van der Waals surface area contributed by atoms with Gasteiger partial charge in [-0.3, -0.25) is 4.99 Å². The summed E-state index contributed by atoms with van der Waals surface area (Å²) in [5.74, 6) is 0. The molecule has 2 aromatic carbocycles. The number of hydrogen-bond acceptors (Lipinski definition) is 4. The molecule has 4 heteroatoms. The third-order valence-corrected chi connectivity index (χ3v) is 4.95. The Morgan fingerprint density at radius 2 is 1.58 bits per heavy atom. The largest absolute Gasteiger partial charge is 0.369 e. The molecule has 0 N–H and O–H groups in total.